The molecule has 0 radical (unpaired) electrons. The Labute approximate surface area is 106 Å². The lowest BCUT2D eigenvalue weighted by Crippen LogP contribution is -2.29. The van der Waals surface area contributed by atoms with Crippen molar-refractivity contribution >= 4 is 5.91 Å². The zero-order valence-corrected chi connectivity index (χ0v) is 10.8. The predicted octanol–water partition coefficient (Wildman–Crippen LogP) is 1.46. The van der Waals surface area contributed by atoms with Crippen LogP contribution in [0.4, 0.5) is 0 Å². The summed E-state index contributed by atoms with van der Waals surface area (Å²) >= 11 is 0. The van der Waals surface area contributed by atoms with Gasteiger partial charge in [0.2, 0.25) is 0 Å². The predicted molar refractivity (Wildman–Crippen MR) is 67.0 cm³/mol. The Bertz CT molecular complexity index is 514. The van der Waals surface area contributed by atoms with Crippen molar-refractivity contribution in [1.29, 1.82) is 0 Å². The van der Waals surface area contributed by atoms with E-state index in [0.29, 0.717) is 12.2 Å². The van der Waals surface area contributed by atoms with E-state index in [1.54, 1.807) is 41.3 Å². The number of nitrogens with one attached hydrogen (secondary N) is 1. The van der Waals surface area contributed by atoms with Gasteiger partial charge in [-0.05, 0) is 19.9 Å². The number of rotatable bonds is 4. The van der Waals surface area contributed by atoms with E-state index in [1.165, 1.54) is 0 Å². The molecule has 2 aromatic heterocycles. The Morgan fingerprint density at radius 3 is 2.89 bits per heavy atom. The summed E-state index contributed by atoms with van der Waals surface area (Å²) in [6, 6.07) is 1.90. The molecule has 6 heteroatoms. The van der Waals surface area contributed by atoms with Gasteiger partial charge in [-0.25, -0.2) is 4.98 Å². The maximum atomic E-state index is 12.3. The Hall–Kier alpha value is -2.11. The Morgan fingerprint density at radius 1 is 1.50 bits per heavy atom. The highest BCUT2D eigenvalue weighted by atomic mass is 16.2. The van der Waals surface area contributed by atoms with Crippen LogP contribution in [-0.2, 0) is 6.54 Å². The molecule has 2 heterocycles. The van der Waals surface area contributed by atoms with Crippen molar-refractivity contribution < 1.29 is 4.79 Å². The summed E-state index contributed by atoms with van der Waals surface area (Å²) < 4.78 is 1.72. The summed E-state index contributed by atoms with van der Waals surface area (Å²) in [6.45, 7) is 4.45. The summed E-state index contributed by atoms with van der Waals surface area (Å²) in [5.41, 5.74) is 0.596. The molecule has 1 amide bonds. The summed E-state index contributed by atoms with van der Waals surface area (Å²) in [7, 11) is 1.75. The van der Waals surface area contributed by atoms with Gasteiger partial charge in [-0.2, -0.15) is 5.10 Å². The fourth-order valence-electron chi connectivity index (χ4n) is 1.77. The van der Waals surface area contributed by atoms with E-state index in [1.807, 2.05) is 13.8 Å². The molecule has 0 aliphatic carbocycles. The number of nitrogens with zero attached hydrogens (tertiary/aromatic N) is 4. The van der Waals surface area contributed by atoms with Crippen molar-refractivity contribution in [3.8, 4) is 0 Å². The number of amides is 1. The molecule has 0 unspecified atom stereocenters. The topological polar surface area (TPSA) is 66.8 Å². The Kier molecular flexibility index (Phi) is 3.45. The Morgan fingerprint density at radius 2 is 2.28 bits per heavy atom. The summed E-state index contributed by atoms with van der Waals surface area (Å²) in [5, 5.41) is 4.16. The first-order valence-electron chi connectivity index (χ1n) is 5.87. The lowest BCUT2D eigenvalue weighted by atomic mass is 10.3. The highest BCUT2D eigenvalue weighted by molar-refractivity contribution is 5.92. The molecule has 2 rings (SSSR count). The van der Waals surface area contributed by atoms with Gasteiger partial charge in [0.25, 0.3) is 5.91 Å². The highest BCUT2D eigenvalue weighted by Gasteiger charge is 2.18. The van der Waals surface area contributed by atoms with E-state index in [9.17, 15) is 4.79 Å². The van der Waals surface area contributed by atoms with Crippen molar-refractivity contribution in [2.45, 2.75) is 26.4 Å². The number of H-pyrrole nitrogens is 1. The lowest BCUT2D eigenvalue weighted by molar-refractivity contribution is 0.0767. The van der Waals surface area contributed by atoms with E-state index in [4.69, 9.17) is 0 Å². The minimum absolute atomic E-state index is 0.0578. The van der Waals surface area contributed by atoms with E-state index in [-0.39, 0.29) is 11.9 Å². The van der Waals surface area contributed by atoms with Gasteiger partial charge >= 0.3 is 0 Å². The van der Waals surface area contributed by atoms with Crippen molar-refractivity contribution in [2.24, 2.45) is 0 Å². The van der Waals surface area contributed by atoms with Crippen LogP contribution in [0.5, 0.6) is 0 Å². The molecule has 0 aliphatic heterocycles. The molecule has 0 saturated heterocycles. The second-order valence-electron chi connectivity index (χ2n) is 4.45. The molecule has 0 bridgehead atoms. The van der Waals surface area contributed by atoms with Crippen LogP contribution in [0.1, 0.15) is 36.2 Å². The third-order valence-corrected chi connectivity index (χ3v) is 2.67. The van der Waals surface area contributed by atoms with Crippen molar-refractivity contribution in [3.05, 3.63) is 36.2 Å². The van der Waals surface area contributed by atoms with E-state index in [2.05, 4.69) is 15.1 Å². The molecule has 18 heavy (non-hydrogen) atoms. The van der Waals surface area contributed by atoms with Crippen LogP contribution >= 0.6 is 0 Å². The highest BCUT2D eigenvalue weighted by Crippen LogP contribution is 2.11. The van der Waals surface area contributed by atoms with Crippen LogP contribution in [0.25, 0.3) is 0 Å². The SMILES string of the molecule is CC(C)n1nccc1C(=O)N(C)Cc1ncc[nH]1. The first-order valence-corrected chi connectivity index (χ1v) is 5.87. The van der Waals surface area contributed by atoms with Gasteiger partial charge in [0.05, 0.1) is 6.54 Å². The van der Waals surface area contributed by atoms with E-state index >= 15 is 0 Å². The number of hydrogen-bond donors (Lipinski definition) is 1. The van der Waals surface area contributed by atoms with Crippen LogP contribution in [0.2, 0.25) is 0 Å². The maximum Gasteiger partial charge on any atom is 0.272 e. The molecule has 0 aliphatic rings. The normalized spacial score (nSPS) is 10.9. The number of aromatic amines is 1. The molecule has 0 saturated carbocycles. The zero-order chi connectivity index (χ0) is 13.1. The van der Waals surface area contributed by atoms with Gasteiger partial charge in [0.1, 0.15) is 11.5 Å². The smallest absolute Gasteiger partial charge is 0.272 e. The van der Waals surface area contributed by atoms with E-state index in [0.717, 1.165) is 5.82 Å². The molecule has 0 aromatic carbocycles. The summed E-state index contributed by atoms with van der Waals surface area (Å²) in [4.78, 5) is 21.0. The fraction of sp³-hybridized carbons (Fsp3) is 0.417. The first kappa shape index (κ1) is 12.3. The molecule has 6 nitrogen and oxygen atoms in total. The van der Waals surface area contributed by atoms with Crippen molar-refractivity contribution in [3.63, 3.8) is 0 Å². The fourth-order valence-corrected chi connectivity index (χ4v) is 1.77. The molecular weight excluding hydrogens is 230 g/mol. The quantitative estimate of drug-likeness (QED) is 0.889. The van der Waals surface area contributed by atoms with Gasteiger partial charge in [-0.3, -0.25) is 9.48 Å². The zero-order valence-electron chi connectivity index (χ0n) is 10.8. The average molecular weight is 247 g/mol. The molecule has 2 aromatic rings. The summed E-state index contributed by atoms with van der Waals surface area (Å²) in [5.74, 6) is 0.707. The van der Waals surface area contributed by atoms with Crippen LogP contribution in [0.3, 0.4) is 0 Å². The van der Waals surface area contributed by atoms with Gasteiger partial charge < -0.3 is 9.88 Å². The van der Waals surface area contributed by atoms with Gasteiger partial charge in [-0.1, -0.05) is 0 Å². The van der Waals surface area contributed by atoms with Gasteiger partial charge in [0, 0.05) is 31.7 Å². The monoisotopic (exact) mass is 247 g/mol. The third kappa shape index (κ3) is 2.42. The molecule has 0 spiro atoms. The number of imidazole rings is 1. The minimum Gasteiger partial charge on any atom is -0.347 e. The lowest BCUT2D eigenvalue weighted by Gasteiger charge is -2.17. The Balaban J connectivity index is 2.13. The second kappa shape index (κ2) is 5.03. The van der Waals surface area contributed by atoms with Crippen LogP contribution in [0.15, 0.2) is 24.7 Å². The number of aromatic nitrogens is 4. The van der Waals surface area contributed by atoms with Crippen molar-refractivity contribution in [2.75, 3.05) is 7.05 Å². The third-order valence-electron chi connectivity index (χ3n) is 2.67. The molecule has 1 N–H and O–H groups in total. The minimum atomic E-state index is -0.0578. The maximum absolute atomic E-state index is 12.3. The molecular formula is C12H17N5O. The van der Waals surface area contributed by atoms with Gasteiger partial charge in [-0.15, -0.1) is 0 Å². The van der Waals surface area contributed by atoms with E-state index < -0.39 is 0 Å². The first-order chi connectivity index (χ1) is 8.59. The van der Waals surface area contributed by atoms with Crippen LogP contribution in [0, 0.1) is 0 Å². The number of carbonyl (C=O) groups is 1. The van der Waals surface area contributed by atoms with Crippen LogP contribution < -0.4 is 0 Å². The summed E-state index contributed by atoms with van der Waals surface area (Å²) in [6.07, 6.45) is 5.06. The van der Waals surface area contributed by atoms with Crippen molar-refractivity contribution in [1.82, 2.24) is 24.6 Å². The second-order valence-corrected chi connectivity index (χ2v) is 4.45. The van der Waals surface area contributed by atoms with Gasteiger partial charge in [0.15, 0.2) is 0 Å². The molecule has 96 valence electrons. The van der Waals surface area contributed by atoms with Crippen LogP contribution in [-0.4, -0.2) is 37.6 Å². The number of hydrogen-bond acceptors (Lipinski definition) is 3. The molecule has 0 fully saturated rings. The number of carbonyl (C=O) groups excluding carboxylic acids is 1. The largest absolute Gasteiger partial charge is 0.347 e. The molecule has 0 atom stereocenters. The standard InChI is InChI=1S/C12H17N5O/c1-9(2)17-10(4-5-15-17)12(18)16(3)8-11-13-6-7-14-11/h4-7,9H,8H2,1-3H3,(H,13,14). The average Bonchev–Trinajstić information content (AvgIpc) is 2.97.